The quantitative estimate of drug-likeness (QED) is 0.601. The van der Waals surface area contributed by atoms with Gasteiger partial charge in [-0.25, -0.2) is 0 Å². The highest BCUT2D eigenvalue weighted by Gasteiger charge is 2.28. The fourth-order valence-electron chi connectivity index (χ4n) is 1.47. The van der Waals surface area contributed by atoms with Crippen molar-refractivity contribution in [3.63, 3.8) is 0 Å². The van der Waals surface area contributed by atoms with E-state index in [0.717, 1.165) is 5.57 Å². The van der Waals surface area contributed by atoms with Gasteiger partial charge < -0.3 is 0 Å². The van der Waals surface area contributed by atoms with Gasteiger partial charge in [-0.05, 0) is 30.1 Å². The lowest BCUT2D eigenvalue weighted by molar-refractivity contribution is -0.112. The molecule has 1 atom stereocenters. The van der Waals surface area contributed by atoms with Crippen molar-refractivity contribution in [2.24, 2.45) is 10.6 Å². The first-order chi connectivity index (χ1) is 6.36. The van der Waals surface area contributed by atoms with Gasteiger partial charge in [-0.15, -0.1) is 4.91 Å². The first kappa shape index (κ1) is 10.8. The van der Waals surface area contributed by atoms with Crippen LogP contribution >= 0.6 is 0 Å². The van der Waals surface area contributed by atoms with Crippen molar-refractivity contribution in [2.75, 3.05) is 0 Å². The molecule has 1 rings (SSSR count). The molecule has 0 fully saturated rings. The monoisotopic (exact) mass is 193 g/mol. The lowest BCUT2D eigenvalue weighted by Gasteiger charge is -2.25. The van der Waals surface area contributed by atoms with Gasteiger partial charge in [-0.3, -0.25) is 4.79 Å². The average Bonchev–Trinajstić information content (AvgIpc) is 2.02. The minimum atomic E-state index is -0.470. The Morgan fingerprint density at radius 1 is 1.36 bits per heavy atom. The van der Waals surface area contributed by atoms with Crippen LogP contribution in [0.2, 0.25) is 0 Å². The smallest absolute Gasteiger partial charge is 0.182 e. The number of rotatable bonds is 1. The summed E-state index contributed by atoms with van der Waals surface area (Å²) in [5.74, 6) is -0.00472. The van der Waals surface area contributed by atoms with E-state index >= 15 is 0 Å². The minimum absolute atomic E-state index is 0.00472. The van der Waals surface area contributed by atoms with Gasteiger partial charge in [0.2, 0.25) is 0 Å². The van der Waals surface area contributed by atoms with Gasteiger partial charge in [0.25, 0.3) is 0 Å². The maximum atomic E-state index is 11.6. The Kier molecular flexibility index (Phi) is 2.69. The molecule has 14 heavy (non-hydrogen) atoms. The van der Waals surface area contributed by atoms with Crippen LogP contribution in [-0.2, 0) is 4.79 Å². The Morgan fingerprint density at radius 2 is 1.93 bits per heavy atom. The van der Waals surface area contributed by atoms with E-state index in [2.05, 4.69) is 5.18 Å². The van der Waals surface area contributed by atoms with Crippen LogP contribution in [0.4, 0.5) is 0 Å². The Morgan fingerprint density at radius 3 is 2.36 bits per heavy atom. The van der Waals surface area contributed by atoms with E-state index in [1.807, 2.05) is 20.8 Å². The van der Waals surface area contributed by atoms with Gasteiger partial charge in [0.1, 0.15) is 6.04 Å². The standard InChI is InChI=1S/C11H15NO2/c1-7-5-10(13)8(11(2,3)4)6-9(7)12-14/h5-6,9H,1-4H3. The number of carbonyl (C=O) groups excluding carboxylic acids is 1. The molecule has 0 aromatic heterocycles. The van der Waals surface area contributed by atoms with Gasteiger partial charge in [-0.2, -0.15) is 0 Å². The lowest BCUT2D eigenvalue weighted by atomic mass is 9.79. The molecule has 0 aliphatic heterocycles. The average molecular weight is 193 g/mol. The Bertz CT molecular complexity index is 332. The molecule has 0 spiro atoms. The molecule has 0 saturated heterocycles. The summed E-state index contributed by atoms with van der Waals surface area (Å²) in [6, 6.07) is -0.470. The van der Waals surface area contributed by atoms with Crippen molar-refractivity contribution in [1.82, 2.24) is 0 Å². The zero-order chi connectivity index (χ0) is 10.9. The number of carbonyl (C=O) groups is 1. The van der Waals surface area contributed by atoms with Gasteiger partial charge in [0.05, 0.1) is 0 Å². The summed E-state index contributed by atoms with van der Waals surface area (Å²) in [7, 11) is 0. The topological polar surface area (TPSA) is 46.5 Å². The van der Waals surface area contributed by atoms with Crippen LogP contribution in [0.1, 0.15) is 27.7 Å². The Hall–Kier alpha value is -1.25. The molecule has 0 amide bonds. The van der Waals surface area contributed by atoms with E-state index in [1.165, 1.54) is 6.08 Å². The van der Waals surface area contributed by atoms with Crippen molar-refractivity contribution in [3.8, 4) is 0 Å². The third kappa shape index (κ3) is 1.97. The molecule has 76 valence electrons. The van der Waals surface area contributed by atoms with Crippen LogP contribution in [0.15, 0.2) is 28.5 Å². The normalized spacial score (nSPS) is 22.9. The molecular formula is C11H15NO2. The Labute approximate surface area is 83.9 Å². The number of nitrogens with zero attached hydrogens (tertiary/aromatic N) is 1. The summed E-state index contributed by atoms with van der Waals surface area (Å²) in [4.78, 5) is 22.1. The van der Waals surface area contributed by atoms with Crippen LogP contribution in [0.3, 0.4) is 0 Å². The predicted molar refractivity (Wildman–Crippen MR) is 55.9 cm³/mol. The van der Waals surface area contributed by atoms with Crippen molar-refractivity contribution < 1.29 is 4.79 Å². The van der Waals surface area contributed by atoms with E-state index in [0.29, 0.717) is 5.57 Å². The largest absolute Gasteiger partial charge is 0.290 e. The molecule has 0 aromatic rings. The lowest BCUT2D eigenvalue weighted by Crippen LogP contribution is -2.23. The molecule has 0 aromatic carbocycles. The number of hydrogen-bond acceptors (Lipinski definition) is 3. The third-order valence-corrected chi connectivity index (χ3v) is 2.34. The van der Waals surface area contributed by atoms with Crippen LogP contribution in [-0.4, -0.2) is 11.8 Å². The van der Waals surface area contributed by atoms with Crippen molar-refractivity contribution in [2.45, 2.75) is 33.7 Å². The second kappa shape index (κ2) is 3.48. The molecular weight excluding hydrogens is 178 g/mol. The highest BCUT2D eigenvalue weighted by Crippen LogP contribution is 2.31. The highest BCUT2D eigenvalue weighted by atomic mass is 16.3. The summed E-state index contributed by atoms with van der Waals surface area (Å²) in [6.07, 6.45) is 3.18. The predicted octanol–water partition coefficient (Wildman–Crippen LogP) is 2.62. The van der Waals surface area contributed by atoms with Crippen LogP contribution in [0.5, 0.6) is 0 Å². The maximum Gasteiger partial charge on any atom is 0.182 e. The molecule has 3 heteroatoms. The van der Waals surface area contributed by atoms with E-state index < -0.39 is 6.04 Å². The zero-order valence-electron chi connectivity index (χ0n) is 9.00. The molecule has 0 heterocycles. The second-order valence-corrected chi connectivity index (χ2v) is 4.63. The van der Waals surface area contributed by atoms with Crippen molar-refractivity contribution in [1.29, 1.82) is 0 Å². The molecule has 1 aliphatic carbocycles. The fraction of sp³-hybridized carbons (Fsp3) is 0.545. The van der Waals surface area contributed by atoms with E-state index in [4.69, 9.17) is 0 Å². The first-order valence-corrected chi connectivity index (χ1v) is 4.63. The van der Waals surface area contributed by atoms with Crippen molar-refractivity contribution in [3.05, 3.63) is 28.2 Å². The summed E-state index contributed by atoms with van der Waals surface area (Å²) >= 11 is 0. The van der Waals surface area contributed by atoms with E-state index in [9.17, 15) is 9.70 Å². The summed E-state index contributed by atoms with van der Waals surface area (Å²) in [5, 5.41) is 2.98. The molecule has 0 saturated carbocycles. The van der Waals surface area contributed by atoms with Crippen LogP contribution < -0.4 is 0 Å². The molecule has 0 radical (unpaired) electrons. The summed E-state index contributed by atoms with van der Waals surface area (Å²) < 4.78 is 0. The van der Waals surface area contributed by atoms with Gasteiger partial charge in [0, 0.05) is 5.57 Å². The molecule has 0 bridgehead atoms. The number of hydrogen-bond donors (Lipinski definition) is 0. The minimum Gasteiger partial charge on any atom is -0.290 e. The van der Waals surface area contributed by atoms with E-state index in [1.54, 1.807) is 13.0 Å². The zero-order valence-corrected chi connectivity index (χ0v) is 9.00. The molecule has 3 nitrogen and oxygen atoms in total. The first-order valence-electron chi connectivity index (χ1n) is 4.63. The van der Waals surface area contributed by atoms with Gasteiger partial charge >= 0.3 is 0 Å². The number of allylic oxidation sites excluding steroid dienone is 2. The van der Waals surface area contributed by atoms with Crippen LogP contribution in [0.25, 0.3) is 0 Å². The molecule has 0 N–H and O–H groups in total. The van der Waals surface area contributed by atoms with Gasteiger partial charge in [-0.1, -0.05) is 25.9 Å². The van der Waals surface area contributed by atoms with Gasteiger partial charge in [0.15, 0.2) is 5.78 Å². The second-order valence-electron chi connectivity index (χ2n) is 4.63. The maximum absolute atomic E-state index is 11.6. The SMILES string of the molecule is CC1=CC(=O)C(C(C)(C)C)=CC1N=O. The summed E-state index contributed by atoms with van der Waals surface area (Å²) in [6.45, 7) is 7.60. The van der Waals surface area contributed by atoms with Crippen molar-refractivity contribution >= 4 is 5.78 Å². The third-order valence-electron chi connectivity index (χ3n) is 2.34. The fourth-order valence-corrected chi connectivity index (χ4v) is 1.47. The van der Waals surface area contributed by atoms with Crippen LogP contribution in [0, 0.1) is 10.3 Å². The molecule has 1 unspecified atom stereocenters. The summed E-state index contributed by atoms with van der Waals surface area (Å²) in [5.41, 5.74) is 1.17. The number of ketones is 1. The molecule has 1 aliphatic rings. The number of nitroso groups, excluding NO2 is 1. The Balaban J connectivity index is 3.10. The highest BCUT2D eigenvalue weighted by molar-refractivity contribution is 6.06. The van der Waals surface area contributed by atoms with E-state index in [-0.39, 0.29) is 11.2 Å².